The number of rotatable bonds is 5. The van der Waals surface area contributed by atoms with Gasteiger partial charge in [0.25, 0.3) is 0 Å². The highest BCUT2D eigenvalue weighted by atomic mass is 16.5. The van der Waals surface area contributed by atoms with Gasteiger partial charge in [0.2, 0.25) is 0 Å². The van der Waals surface area contributed by atoms with Crippen LogP contribution in [0.15, 0.2) is 18.2 Å². The van der Waals surface area contributed by atoms with E-state index in [4.69, 9.17) is 9.47 Å². The van der Waals surface area contributed by atoms with Crippen LogP contribution >= 0.6 is 0 Å². The molecule has 0 aliphatic heterocycles. The van der Waals surface area contributed by atoms with Gasteiger partial charge in [0.05, 0.1) is 12.7 Å². The van der Waals surface area contributed by atoms with Gasteiger partial charge in [-0.05, 0) is 55.9 Å². The lowest BCUT2D eigenvalue weighted by Crippen LogP contribution is -2.43. The maximum atomic E-state index is 11.0. The zero-order valence-corrected chi connectivity index (χ0v) is 13.7. The zero-order chi connectivity index (χ0) is 15.5. The Bertz CT molecular complexity index is 468. The van der Waals surface area contributed by atoms with E-state index < -0.39 is 11.7 Å². The van der Waals surface area contributed by atoms with E-state index in [1.54, 1.807) is 7.11 Å². The summed E-state index contributed by atoms with van der Waals surface area (Å²) in [5.74, 6) is 1.42. The second-order valence-electron chi connectivity index (χ2n) is 6.32. The van der Waals surface area contributed by atoms with Gasteiger partial charge in [0.1, 0.15) is 11.9 Å². The van der Waals surface area contributed by atoms with Crippen molar-refractivity contribution in [1.29, 1.82) is 0 Å². The van der Waals surface area contributed by atoms with Gasteiger partial charge in [-0.2, -0.15) is 0 Å². The molecule has 2 rings (SSSR count). The zero-order valence-electron chi connectivity index (χ0n) is 13.7. The molecule has 21 heavy (non-hydrogen) atoms. The first-order valence-corrected chi connectivity index (χ1v) is 7.99. The Morgan fingerprint density at radius 3 is 2.76 bits per heavy atom. The summed E-state index contributed by atoms with van der Waals surface area (Å²) >= 11 is 0. The first kappa shape index (κ1) is 16.3. The number of aryl methyl sites for hydroxylation is 1. The van der Waals surface area contributed by atoms with Crippen LogP contribution in [0, 0.1) is 12.8 Å². The molecule has 1 aromatic carbocycles. The van der Waals surface area contributed by atoms with E-state index in [1.165, 1.54) is 6.42 Å². The average Bonchev–Trinajstić information content (AvgIpc) is 2.46. The highest BCUT2D eigenvalue weighted by molar-refractivity contribution is 5.37. The molecule has 3 nitrogen and oxygen atoms in total. The van der Waals surface area contributed by atoms with Gasteiger partial charge >= 0.3 is 0 Å². The molecule has 0 radical (unpaired) electrons. The maximum absolute atomic E-state index is 11.0. The fourth-order valence-electron chi connectivity index (χ4n) is 3.65. The van der Waals surface area contributed by atoms with Crippen molar-refractivity contribution in [3.8, 4) is 5.75 Å². The third-order valence-electron chi connectivity index (χ3n) is 4.69. The van der Waals surface area contributed by atoms with Gasteiger partial charge in [-0.3, -0.25) is 0 Å². The molecular weight excluding hydrogens is 264 g/mol. The van der Waals surface area contributed by atoms with Crippen LogP contribution in [0.4, 0.5) is 0 Å². The van der Waals surface area contributed by atoms with E-state index >= 15 is 0 Å². The number of methoxy groups -OCH3 is 1. The summed E-state index contributed by atoms with van der Waals surface area (Å²) in [5.41, 5.74) is 1.57. The van der Waals surface area contributed by atoms with Crippen LogP contribution in [0.2, 0.25) is 0 Å². The summed E-state index contributed by atoms with van der Waals surface area (Å²) in [6.07, 6.45) is 3.62. The molecule has 0 amide bonds. The van der Waals surface area contributed by atoms with Crippen LogP contribution in [0.1, 0.15) is 56.8 Å². The molecule has 1 saturated carbocycles. The molecule has 0 heterocycles. The van der Waals surface area contributed by atoms with Crippen LogP contribution in [0.25, 0.3) is 0 Å². The molecule has 1 aromatic rings. The van der Waals surface area contributed by atoms with Crippen LogP contribution in [0.3, 0.4) is 0 Å². The van der Waals surface area contributed by atoms with Crippen molar-refractivity contribution < 1.29 is 14.6 Å². The van der Waals surface area contributed by atoms with E-state index in [2.05, 4.69) is 6.92 Å². The number of hydrogen-bond donors (Lipinski definition) is 1. The summed E-state index contributed by atoms with van der Waals surface area (Å²) in [4.78, 5) is 0. The minimum atomic E-state index is -0.578. The largest absolute Gasteiger partial charge is 0.497 e. The first-order valence-electron chi connectivity index (χ1n) is 7.99. The molecule has 0 aromatic heterocycles. The lowest BCUT2D eigenvalue weighted by molar-refractivity contribution is -0.150. The van der Waals surface area contributed by atoms with Gasteiger partial charge < -0.3 is 14.6 Å². The van der Waals surface area contributed by atoms with Crippen molar-refractivity contribution >= 4 is 0 Å². The predicted octanol–water partition coefficient (Wildman–Crippen LogP) is 4.02. The summed E-state index contributed by atoms with van der Waals surface area (Å²) in [6, 6.07) is 5.86. The number of aliphatic hydroxyl groups excluding tert-OH is 1. The summed E-state index contributed by atoms with van der Waals surface area (Å²) in [6.45, 7) is 6.92. The van der Waals surface area contributed by atoms with Crippen molar-refractivity contribution in [3.05, 3.63) is 29.3 Å². The van der Waals surface area contributed by atoms with Crippen molar-refractivity contribution in [3.63, 3.8) is 0 Å². The summed E-state index contributed by atoms with van der Waals surface area (Å²) in [5, 5.41) is 11.0. The van der Waals surface area contributed by atoms with Crippen molar-refractivity contribution in [2.24, 2.45) is 5.92 Å². The maximum Gasteiger partial charge on any atom is 0.119 e. The number of ether oxygens (including phenoxy) is 2. The fourth-order valence-corrected chi connectivity index (χ4v) is 3.65. The number of benzene rings is 1. The summed E-state index contributed by atoms with van der Waals surface area (Å²) in [7, 11) is 1.66. The second-order valence-corrected chi connectivity index (χ2v) is 6.32. The summed E-state index contributed by atoms with van der Waals surface area (Å²) < 4.78 is 11.3. The van der Waals surface area contributed by atoms with E-state index in [-0.39, 0.29) is 0 Å². The molecule has 0 saturated heterocycles. The molecule has 118 valence electrons. The van der Waals surface area contributed by atoms with E-state index in [1.807, 2.05) is 32.0 Å². The quantitative estimate of drug-likeness (QED) is 0.890. The fraction of sp³-hybridized carbons (Fsp3) is 0.667. The van der Waals surface area contributed by atoms with E-state index in [9.17, 15) is 5.11 Å². The molecule has 1 aliphatic carbocycles. The lowest BCUT2D eigenvalue weighted by Gasteiger charge is -2.43. The minimum absolute atomic E-state index is 0.439. The molecule has 0 bridgehead atoms. The third kappa shape index (κ3) is 3.41. The van der Waals surface area contributed by atoms with Crippen molar-refractivity contribution in [2.75, 3.05) is 13.7 Å². The molecule has 3 heteroatoms. The molecule has 3 unspecified atom stereocenters. The molecule has 1 aliphatic rings. The Labute approximate surface area is 128 Å². The third-order valence-corrected chi connectivity index (χ3v) is 4.69. The van der Waals surface area contributed by atoms with Crippen LogP contribution < -0.4 is 4.74 Å². The predicted molar refractivity (Wildman–Crippen MR) is 84.7 cm³/mol. The van der Waals surface area contributed by atoms with Gasteiger partial charge in [-0.1, -0.05) is 25.8 Å². The Morgan fingerprint density at radius 1 is 1.43 bits per heavy atom. The van der Waals surface area contributed by atoms with Crippen LogP contribution in [-0.4, -0.2) is 24.4 Å². The second kappa shape index (κ2) is 6.80. The van der Waals surface area contributed by atoms with Crippen LogP contribution in [-0.2, 0) is 4.74 Å². The molecule has 1 N–H and O–H groups in total. The normalized spacial score (nSPS) is 27.4. The highest BCUT2D eigenvalue weighted by Crippen LogP contribution is 2.44. The lowest BCUT2D eigenvalue weighted by atomic mass is 9.73. The van der Waals surface area contributed by atoms with Gasteiger partial charge in [0.15, 0.2) is 0 Å². The molecule has 0 spiro atoms. The van der Waals surface area contributed by atoms with Gasteiger partial charge in [0, 0.05) is 6.61 Å². The molecule has 1 fully saturated rings. The Hall–Kier alpha value is -1.06. The Kier molecular flexibility index (Phi) is 5.28. The van der Waals surface area contributed by atoms with Gasteiger partial charge in [-0.25, -0.2) is 0 Å². The number of hydrogen-bond acceptors (Lipinski definition) is 3. The standard InChI is InChI=1S/C18H28O3/c1-5-21-18(10-6-7-13(2)12-18)17(19)16-9-8-15(20-4)11-14(16)3/h8-9,11,13,17,19H,5-7,10,12H2,1-4H3. The monoisotopic (exact) mass is 292 g/mol. The van der Waals surface area contributed by atoms with Crippen LogP contribution in [0.5, 0.6) is 5.75 Å². The Balaban J connectivity index is 2.31. The minimum Gasteiger partial charge on any atom is -0.497 e. The molecular formula is C18H28O3. The SMILES string of the molecule is CCOC1(C(O)c2ccc(OC)cc2C)CCCC(C)C1. The first-order chi connectivity index (χ1) is 10.0. The van der Waals surface area contributed by atoms with E-state index in [0.29, 0.717) is 12.5 Å². The van der Waals surface area contributed by atoms with Crippen molar-refractivity contribution in [1.82, 2.24) is 0 Å². The Morgan fingerprint density at radius 2 is 2.19 bits per heavy atom. The average molecular weight is 292 g/mol. The topological polar surface area (TPSA) is 38.7 Å². The number of aliphatic hydroxyl groups is 1. The van der Waals surface area contributed by atoms with Crippen molar-refractivity contribution in [2.45, 2.75) is 58.2 Å². The highest BCUT2D eigenvalue weighted by Gasteiger charge is 2.43. The molecule has 3 atom stereocenters. The van der Waals surface area contributed by atoms with E-state index in [0.717, 1.165) is 36.1 Å². The smallest absolute Gasteiger partial charge is 0.119 e. The van der Waals surface area contributed by atoms with Gasteiger partial charge in [-0.15, -0.1) is 0 Å².